The molecule has 1 fully saturated rings. The molecule has 1 aliphatic carbocycles. The lowest BCUT2D eigenvalue weighted by molar-refractivity contribution is -0.123. The van der Waals surface area contributed by atoms with Crippen molar-refractivity contribution in [3.8, 4) is 0 Å². The lowest BCUT2D eigenvalue weighted by atomic mass is 9.69. The van der Waals surface area contributed by atoms with Crippen LogP contribution in [-0.4, -0.2) is 23.4 Å². The molecule has 5 nitrogen and oxygen atoms in total. The molecule has 0 spiro atoms. The van der Waals surface area contributed by atoms with Crippen molar-refractivity contribution in [3.05, 3.63) is 59.8 Å². The summed E-state index contributed by atoms with van der Waals surface area (Å²) in [5.41, 5.74) is 2.41. The summed E-state index contributed by atoms with van der Waals surface area (Å²) in [7, 11) is 1.37. The summed E-state index contributed by atoms with van der Waals surface area (Å²) in [5, 5.41) is 4.11. The van der Waals surface area contributed by atoms with Crippen molar-refractivity contribution in [1.29, 1.82) is 0 Å². The number of amides is 1. The molecule has 0 unspecified atom stereocenters. The number of methoxy groups -OCH3 is 1. The largest absolute Gasteiger partial charge is 0.465 e. The highest BCUT2D eigenvalue weighted by Gasteiger charge is 2.37. The first kappa shape index (κ1) is 16.7. The van der Waals surface area contributed by atoms with Gasteiger partial charge in [0.15, 0.2) is 0 Å². The Kier molecular flexibility index (Phi) is 4.42. The van der Waals surface area contributed by atoms with E-state index < -0.39 is 0 Å². The molecule has 0 saturated heterocycles. The third kappa shape index (κ3) is 3.08. The molecule has 132 valence electrons. The van der Waals surface area contributed by atoms with Gasteiger partial charge in [0.1, 0.15) is 0 Å². The Bertz CT molecular complexity index is 965. The van der Waals surface area contributed by atoms with Crippen molar-refractivity contribution in [3.63, 3.8) is 0 Å². The van der Waals surface area contributed by atoms with Gasteiger partial charge in [0, 0.05) is 23.2 Å². The topological polar surface area (TPSA) is 68.3 Å². The summed E-state index contributed by atoms with van der Waals surface area (Å²) in [6.07, 6.45) is 3.67. The molecule has 1 N–H and O–H groups in total. The van der Waals surface area contributed by atoms with E-state index in [1.807, 2.05) is 36.5 Å². The first-order chi connectivity index (χ1) is 12.7. The van der Waals surface area contributed by atoms with Crippen LogP contribution in [0.25, 0.3) is 10.1 Å². The number of aromatic nitrogens is 1. The minimum Gasteiger partial charge on any atom is -0.465 e. The van der Waals surface area contributed by atoms with Gasteiger partial charge < -0.3 is 10.1 Å². The van der Waals surface area contributed by atoms with Crippen LogP contribution in [-0.2, 0) is 9.53 Å². The maximum atomic E-state index is 12.7. The Labute approximate surface area is 155 Å². The molecular weight excluding hydrogens is 348 g/mol. The number of nitrogens with zero attached hydrogens (tertiary/aromatic N) is 1. The number of nitrogens with one attached hydrogen (secondary N) is 1. The van der Waals surface area contributed by atoms with Gasteiger partial charge in [-0.3, -0.25) is 4.79 Å². The van der Waals surface area contributed by atoms with E-state index in [4.69, 9.17) is 4.74 Å². The quantitative estimate of drug-likeness (QED) is 0.702. The van der Waals surface area contributed by atoms with Gasteiger partial charge in [0.2, 0.25) is 5.91 Å². The third-order valence-corrected chi connectivity index (χ3v) is 5.76. The Morgan fingerprint density at radius 3 is 2.65 bits per heavy atom. The van der Waals surface area contributed by atoms with Crippen LogP contribution >= 0.6 is 11.5 Å². The molecule has 6 heteroatoms. The minimum absolute atomic E-state index is 0.0437. The number of hydrogen-bond acceptors (Lipinski definition) is 5. The highest BCUT2D eigenvalue weighted by molar-refractivity contribution is 7.13. The van der Waals surface area contributed by atoms with Gasteiger partial charge in [-0.1, -0.05) is 12.1 Å². The summed E-state index contributed by atoms with van der Waals surface area (Å²) < 4.78 is 9.94. The molecule has 2 aromatic carbocycles. The molecule has 0 radical (unpaired) electrons. The average Bonchev–Trinajstić information content (AvgIpc) is 3.08. The number of carbonyl (C=O) groups excluding carboxylic acids is 2. The number of fused-ring (bicyclic) bond motifs is 1. The Hall–Kier alpha value is -2.73. The second-order valence-corrected chi connectivity index (χ2v) is 7.30. The monoisotopic (exact) mass is 366 g/mol. The van der Waals surface area contributed by atoms with E-state index in [0.29, 0.717) is 5.56 Å². The van der Waals surface area contributed by atoms with Crippen molar-refractivity contribution in [2.45, 2.75) is 18.8 Å². The molecule has 1 saturated carbocycles. The maximum Gasteiger partial charge on any atom is 0.337 e. The average molecular weight is 366 g/mol. The molecule has 2 atom stereocenters. The van der Waals surface area contributed by atoms with Crippen LogP contribution in [0.15, 0.2) is 48.7 Å². The van der Waals surface area contributed by atoms with Crippen molar-refractivity contribution in [2.24, 2.45) is 5.92 Å². The lowest BCUT2D eigenvalue weighted by Gasteiger charge is -2.35. The molecule has 1 aliphatic rings. The molecule has 26 heavy (non-hydrogen) atoms. The van der Waals surface area contributed by atoms with Crippen molar-refractivity contribution < 1.29 is 14.3 Å². The van der Waals surface area contributed by atoms with Crippen molar-refractivity contribution in [1.82, 2.24) is 4.37 Å². The number of rotatable bonds is 4. The number of carbonyl (C=O) groups is 2. The number of esters is 1. The Morgan fingerprint density at radius 1 is 1.15 bits per heavy atom. The highest BCUT2D eigenvalue weighted by Crippen LogP contribution is 2.43. The number of ether oxygens (including phenoxy) is 1. The molecule has 0 bridgehead atoms. The van der Waals surface area contributed by atoms with Gasteiger partial charge in [0.25, 0.3) is 0 Å². The molecule has 1 aromatic heterocycles. The van der Waals surface area contributed by atoms with Crippen LogP contribution < -0.4 is 5.32 Å². The zero-order chi connectivity index (χ0) is 18.1. The second kappa shape index (κ2) is 6.88. The van der Waals surface area contributed by atoms with E-state index in [1.165, 1.54) is 18.6 Å². The molecule has 1 heterocycles. The zero-order valence-corrected chi connectivity index (χ0v) is 15.1. The number of hydrogen-bond donors (Lipinski definition) is 1. The fourth-order valence-corrected chi connectivity index (χ4v) is 4.06. The van der Waals surface area contributed by atoms with Crippen molar-refractivity contribution in [2.75, 3.05) is 12.4 Å². The second-order valence-electron chi connectivity index (χ2n) is 6.47. The summed E-state index contributed by atoms with van der Waals surface area (Å²) >= 11 is 1.42. The van der Waals surface area contributed by atoms with Crippen LogP contribution in [0.5, 0.6) is 0 Å². The zero-order valence-electron chi connectivity index (χ0n) is 14.3. The lowest BCUT2D eigenvalue weighted by Crippen LogP contribution is -2.35. The van der Waals surface area contributed by atoms with Gasteiger partial charge in [-0.15, -0.1) is 0 Å². The van der Waals surface area contributed by atoms with Crippen LogP contribution in [0.1, 0.15) is 34.7 Å². The first-order valence-electron chi connectivity index (χ1n) is 8.49. The molecule has 1 amide bonds. The van der Waals surface area contributed by atoms with Crippen LogP contribution in [0.2, 0.25) is 0 Å². The normalized spacial score (nSPS) is 19.0. The standard InChI is InChI=1S/C20H18N2O3S/c1-25-20(24)13-4-2-12(3-5-13)16-8-9-17(16)19(23)22-15-7-6-14-11-21-26-18(14)10-15/h2-7,10-11,16-17H,8-9H2,1H3,(H,22,23)/t16-,17+/m1/s1. The van der Waals surface area contributed by atoms with Gasteiger partial charge in [-0.2, -0.15) is 4.37 Å². The van der Waals surface area contributed by atoms with E-state index >= 15 is 0 Å². The predicted octanol–water partition coefficient (Wildman–Crippen LogP) is 4.22. The Morgan fingerprint density at radius 2 is 1.96 bits per heavy atom. The van der Waals surface area contributed by atoms with Gasteiger partial charge >= 0.3 is 5.97 Å². The fourth-order valence-electron chi connectivity index (χ4n) is 3.37. The minimum atomic E-state index is -0.349. The van der Waals surface area contributed by atoms with E-state index in [1.54, 1.807) is 12.1 Å². The molecule has 4 rings (SSSR count). The SMILES string of the molecule is COC(=O)c1ccc([C@H]2CC[C@@H]2C(=O)Nc2ccc3cnsc3c2)cc1. The Balaban J connectivity index is 1.45. The maximum absolute atomic E-state index is 12.7. The van der Waals surface area contributed by atoms with E-state index in [2.05, 4.69) is 9.69 Å². The summed E-state index contributed by atoms with van der Waals surface area (Å²) in [6.45, 7) is 0. The van der Waals surface area contributed by atoms with Gasteiger partial charge in [0.05, 0.1) is 17.4 Å². The van der Waals surface area contributed by atoms with Crippen molar-refractivity contribution >= 4 is 39.2 Å². The molecular formula is C20H18N2O3S. The highest BCUT2D eigenvalue weighted by atomic mass is 32.1. The molecule has 0 aliphatic heterocycles. The first-order valence-corrected chi connectivity index (χ1v) is 9.26. The molecule has 3 aromatic rings. The third-order valence-electron chi connectivity index (χ3n) is 5.00. The summed E-state index contributed by atoms with van der Waals surface area (Å²) in [6, 6.07) is 13.2. The van der Waals surface area contributed by atoms with E-state index in [9.17, 15) is 9.59 Å². The van der Waals surface area contributed by atoms with Crippen LogP contribution in [0.4, 0.5) is 5.69 Å². The number of anilines is 1. The predicted molar refractivity (Wildman–Crippen MR) is 101 cm³/mol. The van der Waals surface area contributed by atoms with Gasteiger partial charge in [-0.05, 0) is 66.2 Å². The number of benzene rings is 2. The smallest absolute Gasteiger partial charge is 0.337 e. The van der Waals surface area contributed by atoms with E-state index in [-0.39, 0.29) is 23.7 Å². The van der Waals surface area contributed by atoms with E-state index in [0.717, 1.165) is 34.2 Å². The summed E-state index contributed by atoms with van der Waals surface area (Å²) in [4.78, 5) is 24.2. The fraction of sp³-hybridized carbons (Fsp3) is 0.250. The van der Waals surface area contributed by atoms with Crippen LogP contribution in [0.3, 0.4) is 0 Å². The summed E-state index contributed by atoms with van der Waals surface area (Å²) in [5.74, 6) is -0.162. The van der Waals surface area contributed by atoms with Gasteiger partial charge in [-0.25, -0.2) is 4.79 Å². The van der Waals surface area contributed by atoms with Crippen LogP contribution in [0, 0.1) is 5.92 Å².